The molecule has 7 heteroatoms. The molecule has 2 aromatic heterocycles. The molecule has 140 valence electrons. The van der Waals surface area contributed by atoms with Crippen LogP contribution in [-0.4, -0.2) is 26.4 Å². The molecule has 0 bridgehead atoms. The summed E-state index contributed by atoms with van der Waals surface area (Å²) in [4.78, 5) is 12.4. The maximum absolute atomic E-state index is 12.4. The van der Waals surface area contributed by atoms with Gasteiger partial charge in [-0.3, -0.25) is 9.36 Å². The summed E-state index contributed by atoms with van der Waals surface area (Å²) in [5, 5.41) is 12.4. The lowest BCUT2D eigenvalue weighted by atomic mass is 10.1. The first-order chi connectivity index (χ1) is 13.1. The summed E-state index contributed by atoms with van der Waals surface area (Å²) in [5.41, 5.74) is 3.09. The number of hydrogen-bond donors (Lipinski definition) is 1. The molecule has 6 nitrogen and oxygen atoms in total. The molecule has 0 aliphatic heterocycles. The molecule has 1 aromatic carbocycles. The Labute approximate surface area is 162 Å². The van der Waals surface area contributed by atoms with E-state index in [0.717, 1.165) is 46.4 Å². The Kier molecular flexibility index (Phi) is 5.03. The van der Waals surface area contributed by atoms with Crippen molar-refractivity contribution in [2.24, 2.45) is 0 Å². The number of thioether (sulfide) groups is 1. The molecular formula is C20H22N4O2S. The summed E-state index contributed by atoms with van der Waals surface area (Å²) in [6, 6.07) is 9.85. The van der Waals surface area contributed by atoms with Gasteiger partial charge in [-0.25, -0.2) is 0 Å². The number of furan rings is 1. The van der Waals surface area contributed by atoms with Gasteiger partial charge in [0.2, 0.25) is 5.91 Å². The molecule has 0 saturated heterocycles. The van der Waals surface area contributed by atoms with Gasteiger partial charge in [-0.05, 0) is 62.1 Å². The summed E-state index contributed by atoms with van der Waals surface area (Å²) in [5.74, 6) is 2.56. The van der Waals surface area contributed by atoms with Crippen LogP contribution in [0.15, 0.2) is 46.2 Å². The highest BCUT2D eigenvalue weighted by atomic mass is 32.2. The Bertz CT molecular complexity index is 925. The fourth-order valence-electron chi connectivity index (χ4n) is 3.13. The summed E-state index contributed by atoms with van der Waals surface area (Å²) >= 11 is 1.41. The van der Waals surface area contributed by atoms with Crippen molar-refractivity contribution in [2.75, 3.05) is 11.1 Å². The van der Waals surface area contributed by atoms with Crippen molar-refractivity contribution in [1.82, 2.24) is 14.8 Å². The van der Waals surface area contributed by atoms with Gasteiger partial charge < -0.3 is 9.73 Å². The number of carbonyl (C=O) groups is 1. The largest absolute Gasteiger partial charge is 0.467 e. The zero-order valence-corrected chi connectivity index (χ0v) is 16.3. The molecule has 3 aromatic rings. The number of benzene rings is 1. The third-order valence-corrected chi connectivity index (χ3v) is 5.39. The fraction of sp³-hybridized carbons (Fsp3) is 0.350. The number of aromatic nitrogens is 3. The Morgan fingerprint density at radius 3 is 2.70 bits per heavy atom. The number of aryl methyl sites for hydroxylation is 2. The summed E-state index contributed by atoms with van der Waals surface area (Å²) < 4.78 is 7.55. The van der Waals surface area contributed by atoms with E-state index in [1.165, 1.54) is 11.8 Å². The standard InChI is InChI=1S/C20H22N4O2S/c1-13-8-14(2)10-16(9-13)21-18(25)12-27-20-23-22-19(15-5-6-15)24(20)11-17-4-3-7-26-17/h3-4,7-10,15H,5-6,11-12H2,1-2H3,(H,21,25). The Morgan fingerprint density at radius 1 is 1.26 bits per heavy atom. The minimum atomic E-state index is -0.0504. The van der Waals surface area contributed by atoms with Crippen molar-refractivity contribution in [3.05, 3.63) is 59.3 Å². The predicted octanol–water partition coefficient (Wildman–Crippen LogP) is 4.14. The van der Waals surface area contributed by atoms with Crippen molar-refractivity contribution in [1.29, 1.82) is 0 Å². The van der Waals surface area contributed by atoms with Crippen molar-refractivity contribution >= 4 is 23.4 Å². The number of rotatable bonds is 7. The van der Waals surface area contributed by atoms with Gasteiger partial charge in [0.1, 0.15) is 11.6 Å². The molecule has 1 saturated carbocycles. The van der Waals surface area contributed by atoms with Gasteiger partial charge in [-0.2, -0.15) is 0 Å². The molecule has 4 rings (SSSR count). The normalized spacial score (nSPS) is 13.7. The number of nitrogens with zero attached hydrogens (tertiary/aromatic N) is 3. The van der Waals surface area contributed by atoms with Gasteiger partial charge in [0.25, 0.3) is 0 Å². The van der Waals surface area contributed by atoms with E-state index < -0.39 is 0 Å². The molecule has 0 atom stereocenters. The monoisotopic (exact) mass is 382 g/mol. The van der Waals surface area contributed by atoms with Crippen LogP contribution < -0.4 is 5.32 Å². The van der Waals surface area contributed by atoms with E-state index in [0.29, 0.717) is 12.5 Å². The van der Waals surface area contributed by atoms with E-state index >= 15 is 0 Å². The number of amides is 1. The second-order valence-electron chi connectivity index (χ2n) is 6.99. The van der Waals surface area contributed by atoms with Gasteiger partial charge in [0, 0.05) is 11.6 Å². The van der Waals surface area contributed by atoms with Crippen LogP contribution in [0.25, 0.3) is 0 Å². The maximum atomic E-state index is 12.4. The van der Waals surface area contributed by atoms with Crippen molar-refractivity contribution in [3.63, 3.8) is 0 Å². The van der Waals surface area contributed by atoms with E-state index in [-0.39, 0.29) is 11.7 Å². The minimum absolute atomic E-state index is 0.0504. The highest BCUT2D eigenvalue weighted by Crippen LogP contribution is 2.40. The van der Waals surface area contributed by atoms with E-state index in [1.807, 2.05) is 38.1 Å². The SMILES string of the molecule is Cc1cc(C)cc(NC(=O)CSc2nnc(C3CC3)n2Cc2ccco2)c1. The molecule has 1 N–H and O–H groups in total. The van der Waals surface area contributed by atoms with Gasteiger partial charge in [0.15, 0.2) is 5.16 Å². The van der Waals surface area contributed by atoms with Crippen LogP contribution in [0.1, 0.15) is 41.5 Å². The number of nitrogens with one attached hydrogen (secondary N) is 1. The minimum Gasteiger partial charge on any atom is -0.467 e. The fourth-order valence-corrected chi connectivity index (χ4v) is 3.88. The van der Waals surface area contributed by atoms with E-state index in [9.17, 15) is 4.79 Å². The lowest BCUT2D eigenvalue weighted by Gasteiger charge is -2.09. The van der Waals surface area contributed by atoms with Gasteiger partial charge in [-0.1, -0.05) is 17.8 Å². The van der Waals surface area contributed by atoms with Crippen molar-refractivity contribution < 1.29 is 9.21 Å². The highest BCUT2D eigenvalue weighted by molar-refractivity contribution is 7.99. The summed E-state index contributed by atoms with van der Waals surface area (Å²) in [7, 11) is 0. The van der Waals surface area contributed by atoms with Crippen molar-refractivity contribution in [3.8, 4) is 0 Å². The lowest BCUT2D eigenvalue weighted by molar-refractivity contribution is -0.113. The molecule has 1 aliphatic carbocycles. The van der Waals surface area contributed by atoms with Crippen LogP contribution in [0.5, 0.6) is 0 Å². The molecule has 0 spiro atoms. The predicted molar refractivity (Wildman–Crippen MR) is 105 cm³/mol. The topological polar surface area (TPSA) is 73.0 Å². The Morgan fingerprint density at radius 2 is 2.04 bits per heavy atom. The molecule has 27 heavy (non-hydrogen) atoms. The van der Waals surface area contributed by atoms with Crippen LogP contribution in [0, 0.1) is 13.8 Å². The van der Waals surface area contributed by atoms with Crippen LogP contribution in [0.4, 0.5) is 5.69 Å². The van der Waals surface area contributed by atoms with Crippen LogP contribution in [0.3, 0.4) is 0 Å². The number of hydrogen-bond acceptors (Lipinski definition) is 5. The maximum Gasteiger partial charge on any atom is 0.234 e. The third kappa shape index (κ3) is 4.42. The molecule has 0 radical (unpaired) electrons. The first kappa shape index (κ1) is 17.9. The van der Waals surface area contributed by atoms with Crippen LogP contribution in [-0.2, 0) is 11.3 Å². The Hall–Kier alpha value is -2.54. The zero-order valence-electron chi connectivity index (χ0n) is 15.4. The number of anilines is 1. The second-order valence-corrected chi connectivity index (χ2v) is 7.94. The molecule has 2 heterocycles. The lowest BCUT2D eigenvalue weighted by Crippen LogP contribution is -2.15. The highest BCUT2D eigenvalue weighted by Gasteiger charge is 2.30. The molecule has 1 aliphatic rings. The van der Waals surface area contributed by atoms with Crippen LogP contribution in [0.2, 0.25) is 0 Å². The summed E-state index contributed by atoms with van der Waals surface area (Å²) in [6.07, 6.45) is 3.96. The van der Waals surface area contributed by atoms with Crippen molar-refractivity contribution in [2.45, 2.75) is 44.3 Å². The summed E-state index contributed by atoms with van der Waals surface area (Å²) in [6.45, 7) is 4.63. The average molecular weight is 382 g/mol. The molecular weight excluding hydrogens is 360 g/mol. The van der Waals surface area contributed by atoms with E-state index in [2.05, 4.69) is 26.1 Å². The molecule has 1 fully saturated rings. The second kappa shape index (κ2) is 7.60. The van der Waals surface area contributed by atoms with Gasteiger partial charge in [-0.15, -0.1) is 10.2 Å². The molecule has 0 unspecified atom stereocenters. The van der Waals surface area contributed by atoms with Crippen LogP contribution >= 0.6 is 11.8 Å². The Balaban J connectivity index is 1.43. The third-order valence-electron chi connectivity index (χ3n) is 4.42. The first-order valence-electron chi connectivity index (χ1n) is 9.05. The van der Waals surface area contributed by atoms with Gasteiger partial charge in [0.05, 0.1) is 18.6 Å². The molecule has 1 amide bonds. The number of carbonyl (C=O) groups excluding carboxylic acids is 1. The quantitative estimate of drug-likeness (QED) is 0.622. The van der Waals surface area contributed by atoms with Gasteiger partial charge >= 0.3 is 0 Å². The van der Waals surface area contributed by atoms with E-state index in [1.54, 1.807) is 6.26 Å². The average Bonchev–Trinajstić information content (AvgIpc) is 3.17. The smallest absolute Gasteiger partial charge is 0.234 e. The zero-order chi connectivity index (χ0) is 18.8. The first-order valence-corrected chi connectivity index (χ1v) is 10.0. The van der Waals surface area contributed by atoms with E-state index in [4.69, 9.17) is 4.42 Å².